The van der Waals surface area contributed by atoms with Gasteiger partial charge in [0.05, 0.1) is 4.90 Å². The molecule has 166 valence electrons. The number of aryl methyl sites for hydroxylation is 4. The predicted octanol–water partition coefficient (Wildman–Crippen LogP) is 4.60. The molecule has 0 radical (unpaired) electrons. The minimum atomic E-state index is -3.66. The molecule has 1 aliphatic heterocycles. The highest BCUT2D eigenvalue weighted by Crippen LogP contribution is 2.31. The minimum absolute atomic E-state index is 0.0348. The number of benzene rings is 3. The smallest absolute Gasteiger partial charge is 0.258 e. The van der Waals surface area contributed by atoms with Crippen molar-refractivity contribution in [3.05, 3.63) is 93.5 Å². The summed E-state index contributed by atoms with van der Waals surface area (Å²) in [7, 11) is -3.66. The zero-order valence-electron chi connectivity index (χ0n) is 18.9. The third-order valence-electron chi connectivity index (χ3n) is 5.93. The highest BCUT2D eigenvalue weighted by molar-refractivity contribution is 7.89. The standard InChI is InChI=1S/C26H28N2O3S/c1-17-5-8-23(9-6-17)26(29)28-12-11-22-10-7-21(15-24(22)28)16-27-32(30,31)25-19(3)13-18(2)14-20(25)4/h5-10,13-15,27H,11-12,16H2,1-4H3. The number of sulfonamides is 1. The monoisotopic (exact) mass is 448 g/mol. The third kappa shape index (κ3) is 4.33. The maximum absolute atomic E-state index is 13.1. The predicted molar refractivity (Wildman–Crippen MR) is 128 cm³/mol. The molecule has 0 saturated heterocycles. The topological polar surface area (TPSA) is 66.5 Å². The Labute approximate surface area is 190 Å². The van der Waals surface area contributed by atoms with Gasteiger partial charge in [-0.25, -0.2) is 13.1 Å². The third-order valence-corrected chi connectivity index (χ3v) is 7.63. The molecular formula is C26H28N2O3S. The number of amides is 1. The van der Waals surface area contributed by atoms with Crippen LogP contribution in [0.2, 0.25) is 0 Å². The van der Waals surface area contributed by atoms with Crippen molar-refractivity contribution in [2.24, 2.45) is 0 Å². The van der Waals surface area contributed by atoms with Crippen molar-refractivity contribution in [3.8, 4) is 0 Å². The second kappa shape index (κ2) is 8.52. The van der Waals surface area contributed by atoms with Crippen LogP contribution >= 0.6 is 0 Å². The first-order chi connectivity index (χ1) is 15.2. The molecule has 0 atom stereocenters. The summed E-state index contributed by atoms with van der Waals surface area (Å²) < 4.78 is 28.7. The Bertz CT molecular complexity index is 1270. The summed E-state index contributed by atoms with van der Waals surface area (Å²) in [6.07, 6.45) is 0.792. The summed E-state index contributed by atoms with van der Waals surface area (Å²) in [4.78, 5) is 15.2. The van der Waals surface area contributed by atoms with Crippen LogP contribution in [-0.4, -0.2) is 20.9 Å². The number of hydrogen-bond acceptors (Lipinski definition) is 3. The summed E-state index contributed by atoms with van der Waals surface area (Å²) in [5, 5.41) is 0. The number of nitrogens with zero attached hydrogens (tertiary/aromatic N) is 1. The Balaban J connectivity index is 1.55. The Kier molecular flexibility index (Phi) is 5.93. The van der Waals surface area contributed by atoms with Gasteiger partial charge in [-0.1, -0.05) is 47.5 Å². The van der Waals surface area contributed by atoms with E-state index >= 15 is 0 Å². The largest absolute Gasteiger partial charge is 0.308 e. The maximum Gasteiger partial charge on any atom is 0.258 e. The van der Waals surface area contributed by atoms with Gasteiger partial charge in [0, 0.05) is 24.3 Å². The lowest BCUT2D eigenvalue weighted by atomic mass is 10.1. The molecule has 4 rings (SSSR count). The van der Waals surface area contributed by atoms with Crippen molar-refractivity contribution in [2.45, 2.75) is 45.6 Å². The summed E-state index contributed by atoms with van der Waals surface area (Å²) >= 11 is 0. The number of hydrogen-bond donors (Lipinski definition) is 1. The molecule has 3 aromatic rings. The van der Waals surface area contributed by atoms with E-state index in [4.69, 9.17) is 0 Å². The quantitative estimate of drug-likeness (QED) is 0.620. The molecule has 3 aromatic carbocycles. The van der Waals surface area contributed by atoms with Crippen LogP contribution in [0.5, 0.6) is 0 Å². The average molecular weight is 449 g/mol. The van der Waals surface area contributed by atoms with Crippen LogP contribution in [-0.2, 0) is 23.0 Å². The Hall–Kier alpha value is -2.96. The molecule has 1 amide bonds. The van der Waals surface area contributed by atoms with Crippen molar-refractivity contribution in [2.75, 3.05) is 11.4 Å². The normalized spacial score (nSPS) is 13.3. The SMILES string of the molecule is Cc1ccc(C(=O)N2CCc3ccc(CNS(=O)(=O)c4c(C)cc(C)cc4C)cc32)cc1. The Morgan fingerprint density at radius 2 is 1.56 bits per heavy atom. The zero-order valence-corrected chi connectivity index (χ0v) is 19.7. The number of carbonyl (C=O) groups is 1. The van der Waals surface area contributed by atoms with Crippen molar-refractivity contribution < 1.29 is 13.2 Å². The second-order valence-electron chi connectivity index (χ2n) is 8.59. The van der Waals surface area contributed by atoms with Gasteiger partial charge in [-0.2, -0.15) is 0 Å². The zero-order chi connectivity index (χ0) is 23.0. The van der Waals surface area contributed by atoms with Gasteiger partial charge in [-0.3, -0.25) is 4.79 Å². The molecule has 0 bridgehead atoms. The van der Waals surface area contributed by atoms with E-state index in [-0.39, 0.29) is 12.5 Å². The number of nitrogens with one attached hydrogen (secondary N) is 1. The highest BCUT2D eigenvalue weighted by atomic mass is 32.2. The molecule has 0 aliphatic carbocycles. The minimum Gasteiger partial charge on any atom is -0.308 e. The van der Waals surface area contributed by atoms with Gasteiger partial charge in [-0.15, -0.1) is 0 Å². The fourth-order valence-electron chi connectivity index (χ4n) is 4.44. The molecule has 1 N–H and O–H groups in total. The molecule has 5 nitrogen and oxygen atoms in total. The van der Waals surface area contributed by atoms with Gasteiger partial charge in [0.2, 0.25) is 10.0 Å². The van der Waals surface area contributed by atoms with E-state index in [9.17, 15) is 13.2 Å². The summed E-state index contributed by atoms with van der Waals surface area (Å²) in [5.41, 5.74) is 7.04. The molecule has 1 heterocycles. The fraction of sp³-hybridized carbons (Fsp3) is 0.269. The van der Waals surface area contributed by atoms with Gasteiger partial charge in [0.15, 0.2) is 0 Å². The van der Waals surface area contributed by atoms with Crippen LogP contribution < -0.4 is 9.62 Å². The fourth-order valence-corrected chi connectivity index (χ4v) is 5.91. The van der Waals surface area contributed by atoms with E-state index in [0.29, 0.717) is 17.0 Å². The number of anilines is 1. The van der Waals surface area contributed by atoms with Gasteiger partial charge in [-0.05, 0) is 74.6 Å². The van der Waals surface area contributed by atoms with E-state index in [0.717, 1.165) is 45.5 Å². The van der Waals surface area contributed by atoms with E-state index in [1.54, 1.807) is 4.90 Å². The van der Waals surface area contributed by atoms with E-state index in [1.165, 1.54) is 0 Å². The van der Waals surface area contributed by atoms with Crippen LogP contribution in [0.1, 0.15) is 43.7 Å². The molecule has 0 saturated carbocycles. The lowest BCUT2D eigenvalue weighted by molar-refractivity contribution is 0.0989. The van der Waals surface area contributed by atoms with Crippen LogP contribution in [0.4, 0.5) is 5.69 Å². The van der Waals surface area contributed by atoms with Crippen LogP contribution in [0.3, 0.4) is 0 Å². The first kappa shape index (κ1) is 22.2. The van der Waals surface area contributed by atoms with Gasteiger partial charge < -0.3 is 4.90 Å². The van der Waals surface area contributed by atoms with Gasteiger partial charge in [0.25, 0.3) is 5.91 Å². The van der Waals surface area contributed by atoms with Crippen molar-refractivity contribution in [1.82, 2.24) is 4.72 Å². The molecule has 0 fully saturated rings. The molecule has 1 aliphatic rings. The maximum atomic E-state index is 13.1. The molecule has 6 heteroatoms. The Morgan fingerprint density at radius 1 is 0.906 bits per heavy atom. The lowest BCUT2D eigenvalue weighted by Gasteiger charge is -2.19. The summed E-state index contributed by atoms with van der Waals surface area (Å²) in [6.45, 7) is 8.37. The van der Waals surface area contributed by atoms with Crippen LogP contribution in [0.15, 0.2) is 59.5 Å². The lowest BCUT2D eigenvalue weighted by Crippen LogP contribution is -2.29. The van der Waals surface area contributed by atoms with Gasteiger partial charge >= 0.3 is 0 Å². The van der Waals surface area contributed by atoms with Crippen molar-refractivity contribution in [3.63, 3.8) is 0 Å². The molecule has 0 unspecified atom stereocenters. The number of rotatable bonds is 5. The second-order valence-corrected chi connectivity index (χ2v) is 10.3. The molecular weight excluding hydrogens is 420 g/mol. The first-order valence-electron chi connectivity index (χ1n) is 10.7. The van der Waals surface area contributed by atoms with E-state index < -0.39 is 10.0 Å². The number of fused-ring (bicyclic) bond motifs is 1. The van der Waals surface area contributed by atoms with Crippen LogP contribution in [0, 0.1) is 27.7 Å². The van der Waals surface area contributed by atoms with E-state index in [1.807, 2.05) is 82.3 Å². The number of carbonyl (C=O) groups excluding carboxylic acids is 1. The molecule has 0 aromatic heterocycles. The van der Waals surface area contributed by atoms with Crippen LogP contribution in [0.25, 0.3) is 0 Å². The van der Waals surface area contributed by atoms with Crippen molar-refractivity contribution in [1.29, 1.82) is 0 Å². The van der Waals surface area contributed by atoms with E-state index in [2.05, 4.69) is 4.72 Å². The average Bonchev–Trinajstić information content (AvgIpc) is 3.14. The highest BCUT2D eigenvalue weighted by Gasteiger charge is 2.26. The molecule has 32 heavy (non-hydrogen) atoms. The van der Waals surface area contributed by atoms with Gasteiger partial charge in [0.1, 0.15) is 0 Å². The Morgan fingerprint density at radius 3 is 2.22 bits per heavy atom. The summed E-state index contributed by atoms with van der Waals surface area (Å²) in [5.74, 6) is -0.0348. The van der Waals surface area contributed by atoms with Crippen molar-refractivity contribution >= 4 is 21.6 Å². The molecule has 0 spiro atoms. The first-order valence-corrected chi connectivity index (χ1v) is 12.2. The summed E-state index contributed by atoms with van der Waals surface area (Å²) in [6, 6.07) is 17.2.